The third-order valence-electron chi connectivity index (χ3n) is 2.77. The molecule has 0 radical (unpaired) electrons. The largest absolute Gasteiger partial charge is 0.261 e. The average Bonchev–Trinajstić information content (AvgIpc) is 2.05. The molecule has 1 heterocycles. The summed E-state index contributed by atoms with van der Waals surface area (Å²) in [4.78, 5) is 4.44. The number of rotatable bonds is 2. The topological polar surface area (TPSA) is 12.9 Å². The van der Waals surface area contributed by atoms with Crippen molar-refractivity contribution in [2.75, 3.05) is 4.43 Å². The van der Waals surface area contributed by atoms with Gasteiger partial charge in [0.2, 0.25) is 0 Å². The van der Waals surface area contributed by atoms with Crippen LogP contribution in [-0.2, 0) is 5.41 Å². The Morgan fingerprint density at radius 3 is 2.67 bits per heavy atom. The minimum absolute atomic E-state index is 0.432. The summed E-state index contributed by atoms with van der Waals surface area (Å²) in [6.07, 6.45) is 5.93. The zero-order valence-corrected chi connectivity index (χ0v) is 9.12. The van der Waals surface area contributed by atoms with Gasteiger partial charge in [0, 0.05) is 21.7 Å². The van der Waals surface area contributed by atoms with Crippen molar-refractivity contribution in [1.29, 1.82) is 0 Å². The van der Waals surface area contributed by atoms with Crippen molar-refractivity contribution in [2.45, 2.75) is 24.7 Å². The summed E-state index contributed by atoms with van der Waals surface area (Å²) in [6, 6.07) is 6.25. The maximum Gasteiger partial charge on any atom is 0.0472 e. The van der Waals surface area contributed by atoms with Crippen LogP contribution in [0.2, 0.25) is 0 Å². The average molecular weight is 273 g/mol. The maximum atomic E-state index is 4.44. The lowest BCUT2D eigenvalue weighted by Gasteiger charge is -2.39. The van der Waals surface area contributed by atoms with Crippen LogP contribution in [0.25, 0.3) is 0 Å². The predicted molar refractivity (Wildman–Crippen MR) is 58.7 cm³/mol. The molecule has 0 saturated heterocycles. The predicted octanol–water partition coefficient (Wildman–Crippen LogP) is 2.94. The highest BCUT2D eigenvalue weighted by atomic mass is 127. The van der Waals surface area contributed by atoms with Crippen LogP contribution in [0, 0.1) is 0 Å². The van der Waals surface area contributed by atoms with Gasteiger partial charge in [-0.1, -0.05) is 35.1 Å². The monoisotopic (exact) mass is 273 g/mol. The zero-order valence-electron chi connectivity index (χ0n) is 6.96. The van der Waals surface area contributed by atoms with Crippen molar-refractivity contribution in [3.8, 4) is 0 Å². The Balaban J connectivity index is 2.28. The van der Waals surface area contributed by atoms with Gasteiger partial charge in [0.15, 0.2) is 0 Å². The number of halogens is 1. The molecule has 0 unspecified atom stereocenters. The molecule has 0 bridgehead atoms. The fourth-order valence-corrected chi connectivity index (χ4v) is 2.89. The zero-order chi connectivity index (χ0) is 8.44. The molecule has 1 aromatic heterocycles. The highest BCUT2D eigenvalue weighted by molar-refractivity contribution is 14.1. The molecular formula is C10H12IN. The summed E-state index contributed by atoms with van der Waals surface area (Å²) in [7, 11) is 0. The van der Waals surface area contributed by atoms with Crippen LogP contribution >= 0.6 is 22.6 Å². The van der Waals surface area contributed by atoms with Crippen molar-refractivity contribution in [3.05, 3.63) is 30.1 Å². The third-order valence-corrected chi connectivity index (χ3v) is 4.23. The second kappa shape index (κ2) is 3.32. The van der Waals surface area contributed by atoms with Crippen LogP contribution in [0.3, 0.4) is 0 Å². The van der Waals surface area contributed by atoms with Gasteiger partial charge in [-0.15, -0.1) is 0 Å². The van der Waals surface area contributed by atoms with Crippen LogP contribution < -0.4 is 0 Å². The van der Waals surface area contributed by atoms with Crippen LogP contribution in [0.5, 0.6) is 0 Å². The molecule has 0 spiro atoms. The molecule has 1 aliphatic carbocycles. The molecule has 1 nitrogen and oxygen atoms in total. The third kappa shape index (κ3) is 1.26. The molecule has 1 aromatic rings. The van der Waals surface area contributed by atoms with Gasteiger partial charge in [-0.2, -0.15) is 0 Å². The van der Waals surface area contributed by atoms with E-state index in [1.165, 1.54) is 29.4 Å². The molecular weight excluding hydrogens is 261 g/mol. The molecule has 2 heteroatoms. The number of alkyl halides is 1. The molecule has 0 atom stereocenters. The Hall–Kier alpha value is -0.120. The Morgan fingerprint density at radius 1 is 1.42 bits per heavy atom. The number of nitrogens with zero attached hydrogens (tertiary/aromatic N) is 1. The number of hydrogen-bond acceptors (Lipinski definition) is 1. The molecule has 0 aliphatic heterocycles. The van der Waals surface area contributed by atoms with E-state index in [0.29, 0.717) is 5.41 Å². The van der Waals surface area contributed by atoms with Gasteiger partial charge in [-0.05, 0) is 25.0 Å². The van der Waals surface area contributed by atoms with Gasteiger partial charge in [-0.25, -0.2) is 0 Å². The summed E-state index contributed by atoms with van der Waals surface area (Å²) in [5.74, 6) is 0. The summed E-state index contributed by atoms with van der Waals surface area (Å²) in [5, 5.41) is 0. The Labute approximate surface area is 86.7 Å². The van der Waals surface area contributed by atoms with Crippen molar-refractivity contribution < 1.29 is 0 Å². The molecule has 2 rings (SSSR count). The lowest BCUT2D eigenvalue weighted by molar-refractivity contribution is 0.275. The van der Waals surface area contributed by atoms with Crippen LogP contribution in [-0.4, -0.2) is 9.41 Å². The van der Waals surface area contributed by atoms with E-state index in [2.05, 4.69) is 39.7 Å². The van der Waals surface area contributed by atoms with E-state index < -0.39 is 0 Å². The maximum absolute atomic E-state index is 4.44. The first kappa shape index (κ1) is 8.48. The first-order valence-corrected chi connectivity index (χ1v) is 5.87. The molecule has 1 aliphatic rings. The minimum Gasteiger partial charge on any atom is -0.261 e. The number of aromatic nitrogens is 1. The molecule has 1 fully saturated rings. The molecule has 1 saturated carbocycles. The van der Waals surface area contributed by atoms with Crippen molar-refractivity contribution in [2.24, 2.45) is 0 Å². The van der Waals surface area contributed by atoms with Crippen molar-refractivity contribution in [1.82, 2.24) is 4.98 Å². The first-order chi connectivity index (χ1) is 5.87. The van der Waals surface area contributed by atoms with Crippen molar-refractivity contribution >= 4 is 22.6 Å². The molecule has 64 valence electrons. The Morgan fingerprint density at radius 2 is 2.25 bits per heavy atom. The van der Waals surface area contributed by atoms with Crippen LogP contribution in [0.1, 0.15) is 25.0 Å². The molecule has 0 amide bonds. The van der Waals surface area contributed by atoms with E-state index in [1.54, 1.807) is 0 Å². The van der Waals surface area contributed by atoms with Gasteiger partial charge in [0.05, 0.1) is 0 Å². The standard InChI is InChI=1S/C10H12IN/c11-8-10(5-3-6-10)9-4-1-2-7-12-9/h1-2,4,7H,3,5-6,8H2. The van der Waals surface area contributed by atoms with E-state index in [1.807, 2.05) is 12.3 Å². The van der Waals surface area contributed by atoms with Gasteiger partial charge in [0.1, 0.15) is 0 Å². The van der Waals surface area contributed by atoms with E-state index in [9.17, 15) is 0 Å². The summed E-state index contributed by atoms with van der Waals surface area (Å²) < 4.78 is 1.21. The lowest BCUT2D eigenvalue weighted by atomic mass is 9.68. The van der Waals surface area contributed by atoms with Gasteiger partial charge in [0.25, 0.3) is 0 Å². The molecule has 0 N–H and O–H groups in total. The normalized spacial score (nSPS) is 20.1. The highest BCUT2D eigenvalue weighted by Gasteiger charge is 2.38. The van der Waals surface area contributed by atoms with E-state index in [0.717, 1.165) is 0 Å². The molecule has 12 heavy (non-hydrogen) atoms. The summed E-state index contributed by atoms with van der Waals surface area (Å²) in [6.45, 7) is 0. The summed E-state index contributed by atoms with van der Waals surface area (Å²) >= 11 is 2.48. The minimum atomic E-state index is 0.432. The first-order valence-electron chi connectivity index (χ1n) is 4.35. The second-order valence-corrected chi connectivity index (χ2v) is 4.25. The fraction of sp³-hybridized carbons (Fsp3) is 0.500. The van der Waals surface area contributed by atoms with Gasteiger partial charge in [-0.3, -0.25) is 4.98 Å². The quantitative estimate of drug-likeness (QED) is 0.596. The van der Waals surface area contributed by atoms with Crippen LogP contribution in [0.15, 0.2) is 24.4 Å². The summed E-state index contributed by atoms with van der Waals surface area (Å²) in [5.41, 5.74) is 1.73. The van der Waals surface area contributed by atoms with E-state index in [-0.39, 0.29) is 0 Å². The van der Waals surface area contributed by atoms with E-state index >= 15 is 0 Å². The van der Waals surface area contributed by atoms with Crippen LogP contribution in [0.4, 0.5) is 0 Å². The number of hydrogen-bond donors (Lipinski definition) is 0. The highest BCUT2D eigenvalue weighted by Crippen LogP contribution is 2.43. The van der Waals surface area contributed by atoms with E-state index in [4.69, 9.17) is 0 Å². The lowest BCUT2D eigenvalue weighted by Crippen LogP contribution is -2.36. The van der Waals surface area contributed by atoms with Gasteiger partial charge >= 0.3 is 0 Å². The smallest absolute Gasteiger partial charge is 0.0472 e. The number of pyridine rings is 1. The SMILES string of the molecule is ICC1(c2ccccn2)CCC1. The van der Waals surface area contributed by atoms with Gasteiger partial charge < -0.3 is 0 Å². The Bertz CT molecular complexity index is 248. The van der Waals surface area contributed by atoms with Crippen molar-refractivity contribution in [3.63, 3.8) is 0 Å². The fourth-order valence-electron chi connectivity index (χ4n) is 1.74. The Kier molecular flexibility index (Phi) is 2.35. The second-order valence-electron chi connectivity index (χ2n) is 3.48. The molecule has 0 aromatic carbocycles.